The van der Waals surface area contributed by atoms with E-state index in [1.165, 1.54) is 23.1 Å². The van der Waals surface area contributed by atoms with Crippen LogP contribution in [0.25, 0.3) is 32.3 Å². The number of rotatable bonds is 4. The van der Waals surface area contributed by atoms with E-state index in [-0.39, 0.29) is 11.7 Å². The number of anilines is 1. The van der Waals surface area contributed by atoms with Gasteiger partial charge in [0.15, 0.2) is 10.8 Å². The Hall–Kier alpha value is -2.75. The molecule has 0 saturated heterocycles. The summed E-state index contributed by atoms with van der Waals surface area (Å²) in [6, 6.07) is 13.2. The van der Waals surface area contributed by atoms with E-state index in [1.54, 1.807) is 6.07 Å². The molecule has 7 nitrogen and oxygen atoms in total. The fourth-order valence-electron chi connectivity index (χ4n) is 2.80. The van der Waals surface area contributed by atoms with Crippen LogP contribution in [0.1, 0.15) is 0 Å². The lowest BCUT2D eigenvalue weighted by molar-refractivity contribution is -0.113. The molecule has 5 rings (SSSR count). The molecule has 1 amide bonds. The lowest BCUT2D eigenvalue weighted by Gasteiger charge is -2.00. The third-order valence-corrected chi connectivity index (χ3v) is 6.05. The zero-order valence-corrected chi connectivity index (χ0v) is 16.5. The maximum atomic E-state index is 12.2. The molecule has 0 aliphatic carbocycles. The van der Waals surface area contributed by atoms with Crippen LogP contribution in [0.5, 0.6) is 0 Å². The highest BCUT2D eigenvalue weighted by atomic mass is 35.5. The van der Waals surface area contributed by atoms with Gasteiger partial charge < -0.3 is 10.3 Å². The van der Waals surface area contributed by atoms with Crippen molar-refractivity contribution >= 4 is 78.0 Å². The number of halogens is 1. The minimum Gasteiger partial charge on any atom is -0.338 e. The number of nitrogens with zero attached hydrogens (tertiary/aromatic N) is 4. The fraction of sp³-hybridized carbons (Fsp3) is 0.0556. The Labute approximate surface area is 171 Å². The first-order valence-corrected chi connectivity index (χ1v) is 10.4. The number of H-pyrrole nitrogens is 1. The number of carbonyl (C=O) groups excluding carboxylic acids is 1. The normalized spacial score (nSPS) is 11.5. The van der Waals surface area contributed by atoms with Crippen LogP contribution in [0, 0.1) is 0 Å². The number of amides is 1. The number of aromatic nitrogens is 5. The van der Waals surface area contributed by atoms with Crippen molar-refractivity contribution in [2.75, 3.05) is 11.1 Å². The van der Waals surface area contributed by atoms with Crippen molar-refractivity contribution in [2.45, 2.75) is 5.16 Å². The average molecular weight is 427 g/mol. The van der Waals surface area contributed by atoms with E-state index in [4.69, 9.17) is 11.6 Å². The quantitative estimate of drug-likeness (QED) is 0.411. The molecular formula is C18H11ClN6OS2. The monoisotopic (exact) mass is 426 g/mol. The maximum absolute atomic E-state index is 12.2. The maximum Gasteiger partial charge on any atom is 0.236 e. The van der Waals surface area contributed by atoms with Crippen LogP contribution in [0.4, 0.5) is 5.13 Å². The van der Waals surface area contributed by atoms with E-state index in [1.807, 2.05) is 36.4 Å². The molecule has 0 aliphatic heterocycles. The molecule has 0 radical (unpaired) electrons. The molecule has 0 bridgehead atoms. The Balaban J connectivity index is 1.30. The molecule has 2 N–H and O–H groups in total. The number of benzene rings is 2. The van der Waals surface area contributed by atoms with E-state index in [2.05, 4.69) is 30.5 Å². The topological polar surface area (TPSA) is 96.5 Å². The van der Waals surface area contributed by atoms with Crippen molar-refractivity contribution in [2.24, 2.45) is 0 Å². The van der Waals surface area contributed by atoms with Crippen LogP contribution < -0.4 is 5.32 Å². The molecule has 3 aromatic heterocycles. The molecule has 0 aliphatic rings. The molecule has 0 spiro atoms. The highest BCUT2D eigenvalue weighted by molar-refractivity contribution is 7.99. The van der Waals surface area contributed by atoms with Crippen molar-refractivity contribution < 1.29 is 4.79 Å². The minimum absolute atomic E-state index is 0.162. The summed E-state index contributed by atoms with van der Waals surface area (Å²) in [6.07, 6.45) is 0. The van der Waals surface area contributed by atoms with Gasteiger partial charge in [-0.05, 0) is 30.3 Å². The van der Waals surface area contributed by atoms with Crippen molar-refractivity contribution in [3.63, 3.8) is 0 Å². The zero-order chi connectivity index (χ0) is 19.1. The summed E-state index contributed by atoms with van der Waals surface area (Å²) in [6.45, 7) is 0. The molecule has 0 saturated carbocycles. The molecule has 138 valence electrons. The lowest BCUT2D eigenvalue weighted by Crippen LogP contribution is -2.14. The number of fused-ring (bicyclic) bond motifs is 4. The SMILES string of the molecule is O=C(CSc1nnc2c(n1)[nH]c1ccc(Cl)cc12)Nc1nc2ccccc2s1. The summed E-state index contributed by atoms with van der Waals surface area (Å²) < 4.78 is 1.03. The van der Waals surface area contributed by atoms with Gasteiger partial charge in [-0.2, -0.15) is 0 Å². The van der Waals surface area contributed by atoms with E-state index in [0.717, 1.165) is 21.1 Å². The first-order chi connectivity index (χ1) is 13.7. The summed E-state index contributed by atoms with van der Waals surface area (Å²) in [7, 11) is 0. The Kier molecular flexibility index (Phi) is 4.34. The third-order valence-electron chi connectivity index (χ3n) is 4.03. The van der Waals surface area contributed by atoms with Gasteiger partial charge in [0.05, 0.1) is 16.0 Å². The second-order valence-corrected chi connectivity index (χ2v) is 8.34. The van der Waals surface area contributed by atoms with Crippen molar-refractivity contribution in [3.05, 3.63) is 47.5 Å². The second kappa shape index (κ2) is 7.01. The Morgan fingerprint density at radius 3 is 2.96 bits per heavy atom. The molecule has 28 heavy (non-hydrogen) atoms. The van der Waals surface area contributed by atoms with Crippen LogP contribution in [-0.2, 0) is 4.79 Å². The van der Waals surface area contributed by atoms with Crippen LogP contribution in [-0.4, -0.2) is 36.8 Å². The molecular weight excluding hydrogens is 416 g/mol. The highest BCUT2D eigenvalue weighted by Gasteiger charge is 2.12. The van der Waals surface area contributed by atoms with Crippen molar-refractivity contribution in [1.29, 1.82) is 0 Å². The summed E-state index contributed by atoms with van der Waals surface area (Å²) >= 11 is 8.71. The Morgan fingerprint density at radius 2 is 2.07 bits per heavy atom. The summed E-state index contributed by atoms with van der Waals surface area (Å²) in [5.74, 6) is -0.00833. The molecule has 3 heterocycles. The number of aromatic amines is 1. The standard InChI is InChI=1S/C18H11ClN6OS2/c19-9-5-6-11-10(7-9)15-16(20-11)23-18(25-24-15)27-8-14(26)22-17-21-12-3-1-2-4-13(12)28-17/h1-7H,8H2,(H,20,23,25)(H,21,22,26). The van der Waals surface area contributed by atoms with E-state index < -0.39 is 0 Å². The predicted molar refractivity (Wildman–Crippen MR) is 113 cm³/mol. The number of hydrogen-bond acceptors (Lipinski definition) is 7. The number of para-hydroxylation sites is 1. The third kappa shape index (κ3) is 3.28. The smallest absolute Gasteiger partial charge is 0.236 e. The van der Waals surface area contributed by atoms with E-state index in [0.29, 0.717) is 26.5 Å². The first-order valence-electron chi connectivity index (χ1n) is 8.25. The number of nitrogens with one attached hydrogen (secondary N) is 2. The number of thiazole rings is 1. The van der Waals surface area contributed by atoms with Gasteiger partial charge >= 0.3 is 0 Å². The second-order valence-electron chi connectivity index (χ2n) is 5.93. The largest absolute Gasteiger partial charge is 0.338 e. The lowest BCUT2D eigenvalue weighted by atomic mass is 10.2. The van der Waals surface area contributed by atoms with Crippen LogP contribution in [0.15, 0.2) is 47.6 Å². The number of hydrogen-bond donors (Lipinski definition) is 2. The summed E-state index contributed by atoms with van der Waals surface area (Å²) in [5, 5.41) is 13.7. The van der Waals surface area contributed by atoms with Crippen LogP contribution in [0.3, 0.4) is 0 Å². The number of thioether (sulfide) groups is 1. The Morgan fingerprint density at radius 1 is 1.18 bits per heavy atom. The fourth-order valence-corrected chi connectivity index (χ4v) is 4.44. The summed E-state index contributed by atoms with van der Waals surface area (Å²) in [5.41, 5.74) is 3.02. The van der Waals surface area contributed by atoms with Crippen LogP contribution in [0.2, 0.25) is 5.02 Å². The van der Waals surface area contributed by atoms with Crippen molar-refractivity contribution in [3.8, 4) is 0 Å². The molecule has 0 atom stereocenters. The van der Waals surface area contributed by atoms with Gasteiger partial charge in [0.2, 0.25) is 11.1 Å². The van der Waals surface area contributed by atoms with Gasteiger partial charge in [0.25, 0.3) is 0 Å². The molecule has 0 fully saturated rings. The van der Waals surface area contributed by atoms with Gasteiger partial charge in [-0.3, -0.25) is 4.79 Å². The van der Waals surface area contributed by atoms with Gasteiger partial charge in [-0.15, -0.1) is 10.2 Å². The summed E-state index contributed by atoms with van der Waals surface area (Å²) in [4.78, 5) is 24.3. The zero-order valence-electron chi connectivity index (χ0n) is 14.1. The van der Waals surface area contributed by atoms with Gasteiger partial charge in [0.1, 0.15) is 5.52 Å². The molecule has 2 aromatic carbocycles. The molecule has 10 heteroatoms. The van der Waals surface area contributed by atoms with E-state index >= 15 is 0 Å². The minimum atomic E-state index is -0.170. The van der Waals surface area contributed by atoms with E-state index in [9.17, 15) is 4.79 Å². The van der Waals surface area contributed by atoms with Gasteiger partial charge in [-0.25, -0.2) is 9.97 Å². The number of carbonyl (C=O) groups is 1. The van der Waals surface area contributed by atoms with Crippen molar-refractivity contribution in [1.82, 2.24) is 25.1 Å². The Bertz CT molecular complexity index is 1320. The average Bonchev–Trinajstić information content (AvgIpc) is 3.26. The highest BCUT2D eigenvalue weighted by Crippen LogP contribution is 2.27. The molecule has 0 unspecified atom stereocenters. The predicted octanol–water partition coefficient (Wildman–Crippen LogP) is 4.50. The van der Waals surface area contributed by atoms with Gasteiger partial charge in [-0.1, -0.05) is 46.8 Å². The van der Waals surface area contributed by atoms with Crippen LogP contribution >= 0.6 is 34.7 Å². The molecule has 5 aromatic rings. The first kappa shape index (κ1) is 17.4. The van der Waals surface area contributed by atoms with Gasteiger partial charge in [0, 0.05) is 15.9 Å².